The molecule has 1 aromatic carbocycles. The molecule has 1 heterocycles. The molecule has 0 bridgehead atoms. The molecule has 0 aliphatic heterocycles. The predicted octanol–water partition coefficient (Wildman–Crippen LogP) is 3.22. The van der Waals surface area contributed by atoms with Crippen LogP contribution in [0.5, 0.6) is 0 Å². The van der Waals surface area contributed by atoms with Crippen molar-refractivity contribution in [3.8, 4) is 0 Å². The standard InChI is InChI=1S/C17H21NO3S/c1-2-15(11-19)18(9-13-7-8-22-12-13)10-14-5-3-4-6-16(14)17(20)21/h3-8,12,15,19H,2,9-11H2,1H3,(H,20,21). The number of hydrogen-bond acceptors (Lipinski definition) is 4. The lowest BCUT2D eigenvalue weighted by Gasteiger charge is -2.30. The molecule has 2 rings (SSSR count). The summed E-state index contributed by atoms with van der Waals surface area (Å²) in [6.07, 6.45) is 0.815. The van der Waals surface area contributed by atoms with Crippen molar-refractivity contribution < 1.29 is 15.0 Å². The summed E-state index contributed by atoms with van der Waals surface area (Å²) >= 11 is 1.64. The largest absolute Gasteiger partial charge is 0.478 e. The van der Waals surface area contributed by atoms with Gasteiger partial charge in [0.2, 0.25) is 0 Å². The molecule has 0 saturated heterocycles. The molecule has 4 nitrogen and oxygen atoms in total. The van der Waals surface area contributed by atoms with Crippen LogP contribution in [0.25, 0.3) is 0 Å². The number of hydrogen-bond donors (Lipinski definition) is 2. The normalized spacial score (nSPS) is 12.5. The Kier molecular flexibility index (Phi) is 6.12. The first kappa shape index (κ1) is 16.7. The van der Waals surface area contributed by atoms with Crippen molar-refractivity contribution in [3.05, 3.63) is 57.8 Å². The van der Waals surface area contributed by atoms with Crippen molar-refractivity contribution in [1.29, 1.82) is 0 Å². The molecule has 2 N–H and O–H groups in total. The summed E-state index contributed by atoms with van der Waals surface area (Å²) in [5.41, 5.74) is 2.28. The minimum atomic E-state index is -0.914. The van der Waals surface area contributed by atoms with Crippen molar-refractivity contribution in [2.75, 3.05) is 6.61 Å². The van der Waals surface area contributed by atoms with E-state index in [9.17, 15) is 15.0 Å². The van der Waals surface area contributed by atoms with E-state index in [4.69, 9.17) is 0 Å². The maximum atomic E-state index is 11.4. The van der Waals surface area contributed by atoms with Gasteiger partial charge in [-0.1, -0.05) is 25.1 Å². The summed E-state index contributed by atoms with van der Waals surface area (Å²) in [6, 6.07) is 9.13. The molecule has 0 aliphatic carbocycles. The van der Waals surface area contributed by atoms with Gasteiger partial charge in [0.05, 0.1) is 12.2 Å². The quantitative estimate of drug-likeness (QED) is 0.784. The second-order valence-corrected chi connectivity index (χ2v) is 6.02. The minimum absolute atomic E-state index is 0.0155. The smallest absolute Gasteiger partial charge is 0.336 e. The number of carbonyl (C=O) groups is 1. The Bertz CT molecular complexity index is 594. The lowest BCUT2D eigenvalue weighted by atomic mass is 10.1. The van der Waals surface area contributed by atoms with Crippen LogP contribution in [0.4, 0.5) is 0 Å². The van der Waals surface area contributed by atoms with Crippen LogP contribution >= 0.6 is 11.3 Å². The summed E-state index contributed by atoms with van der Waals surface area (Å²) in [5, 5.41) is 23.1. The molecule has 2 aromatic rings. The van der Waals surface area contributed by atoms with Gasteiger partial charge < -0.3 is 10.2 Å². The molecular formula is C17H21NO3S. The van der Waals surface area contributed by atoms with Crippen molar-refractivity contribution >= 4 is 17.3 Å². The molecule has 1 atom stereocenters. The third kappa shape index (κ3) is 4.16. The Hall–Kier alpha value is -1.69. The lowest BCUT2D eigenvalue weighted by Crippen LogP contribution is -2.36. The maximum absolute atomic E-state index is 11.4. The summed E-state index contributed by atoms with van der Waals surface area (Å²) in [5.74, 6) is -0.914. The fraction of sp³-hybridized carbons (Fsp3) is 0.353. The SMILES string of the molecule is CCC(CO)N(Cc1ccsc1)Cc1ccccc1C(=O)O. The predicted molar refractivity (Wildman–Crippen MR) is 88.1 cm³/mol. The van der Waals surface area contributed by atoms with Gasteiger partial charge in [0, 0.05) is 19.1 Å². The van der Waals surface area contributed by atoms with Crippen LogP contribution in [0.1, 0.15) is 34.8 Å². The first-order chi connectivity index (χ1) is 10.7. The van der Waals surface area contributed by atoms with Crippen molar-refractivity contribution in [3.63, 3.8) is 0 Å². The first-order valence-corrected chi connectivity index (χ1v) is 8.27. The summed E-state index contributed by atoms with van der Waals surface area (Å²) in [6.45, 7) is 3.31. The molecule has 0 radical (unpaired) electrons. The number of carboxylic acids is 1. The van der Waals surface area contributed by atoms with E-state index < -0.39 is 5.97 Å². The van der Waals surface area contributed by atoms with Crippen LogP contribution in [0.3, 0.4) is 0 Å². The molecule has 0 fully saturated rings. The van der Waals surface area contributed by atoms with E-state index in [-0.39, 0.29) is 12.6 Å². The highest BCUT2D eigenvalue weighted by molar-refractivity contribution is 7.07. The highest BCUT2D eigenvalue weighted by atomic mass is 32.1. The van der Waals surface area contributed by atoms with Crippen LogP contribution in [0.2, 0.25) is 0 Å². The number of aliphatic hydroxyl groups is 1. The topological polar surface area (TPSA) is 60.8 Å². The summed E-state index contributed by atoms with van der Waals surface area (Å²) in [7, 11) is 0. The Morgan fingerprint density at radius 3 is 2.64 bits per heavy atom. The van der Waals surface area contributed by atoms with E-state index in [1.165, 1.54) is 5.56 Å². The average molecular weight is 319 g/mol. The van der Waals surface area contributed by atoms with Gasteiger partial charge >= 0.3 is 5.97 Å². The number of aliphatic hydroxyl groups excluding tert-OH is 1. The van der Waals surface area contributed by atoms with E-state index >= 15 is 0 Å². The maximum Gasteiger partial charge on any atom is 0.336 e. The third-order valence-corrected chi connectivity index (χ3v) is 4.52. The van der Waals surface area contributed by atoms with Crippen LogP contribution in [-0.4, -0.2) is 33.7 Å². The number of rotatable bonds is 8. The monoisotopic (exact) mass is 319 g/mol. The molecule has 118 valence electrons. The zero-order valence-corrected chi connectivity index (χ0v) is 13.4. The number of thiophene rings is 1. The van der Waals surface area contributed by atoms with Gasteiger partial charge in [-0.15, -0.1) is 0 Å². The minimum Gasteiger partial charge on any atom is -0.478 e. The number of aromatic carboxylic acids is 1. The fourth-order valence-electron chi connectivity index (χ4n) is 2.52. The molecule has 0 spiro atoms. The Labute approximate surface area is 134 Å². The molecule has 0 saturated carbocycles. The molecular weight excluding hydrogens is 298 g/mol. The van der Waals surface area contributed by atoms with E-state index in [0.717, 1.165) is 12.0 Å². The van der Waals surface area contributed by atoms with Crippen molar-refractivity contribution in [2.45, 2.75) is 32.5 Å². The fourth-order valence-corrected chi connectivity index (χ4v) is 3.18. The first-order valence-electron chi connectivity index (χ1n) is 7.32. The third-order valence-electron chi connectivity index (χ3n) is 3.79. The highest BCUT2D eigenvalue weighted by Gasteiger charge is 2.19. The van der Waals surface area contributed by atoms with Crippen LogP contribution in [0, 0.1) is 0 Å². The van der Waals surface area contributed by atoms with Crippen molar-refractivity contribution in [1.82, 2.24) is 4.90 Å². The Morgan fingerprint density at radius 1 is 1.27 bits per heavy atom. The number of benzene rings is 1. The van der Waals surface area contributed by atoms with Gasteiger partial charge in [-0.25, -0.2) is 4.79 Å². The Morgan fingerprint density at radius 2 is 2.05 bits per heavy atom. The average Bonchev–Trinajstić information content (AvgIpc) is 3.01. The molecule has 1 aromatic heterocycles. The summed E-state index contributed by atoms with van der Waals surface area (Å²) in [4.78, 5) is 13.5. The second-order valence-electron chi connectivity index (χ2n) is 5.24. The molecule has 0 amide bonds. The Balaban J connectivity index is 2.24. The van der Waals surface area contributed by atoms with E-state index in [1.54, 1.807) is 23.5 Å². The van der Waals surface area contributed by atoms with Gasteiger partial charge in [-0.3, -0.25) is 4.90 Å². The number of nitrogens with zero attached hydrogens (tertiary/aromatic N) is 1. The van der Waals surface area contributed by atoms with Crippen LogP contribution in [0.15, 0.2) is 41.1 Å². The van der Waals surface area contributed by atoms with Crippen LogP contribution in [-0.2, 0) is 13.1 Å². The van der Waals surface area contributed by atoms with Gasteiger partial charge in [0.25, 0.3) is 0 Å². The zero-order chi connectivity index (χ0) is 15.9. The van der Waals surface area contributed by atoms with E-state index in [2.05, 4.69) is 16.3 Å². The zero-order valence-electron chi connectivity index (χ0n) is 12.6. The second kappa shape index (κ2) is 8.08. The van der Waals surface area contributed by atoms with Gasteiger partial charge in [-0.05, 0) is 40.4 Å². The van der Waals surface area contributed by atoms with Gasteiger partial charge in [0.15, 0.2) is 0 Å². The van der Waals surface area contributed by atoms with Gasteiger partial charge in [0.1, 0.15) is 0 Å². The van der Waals surface area contributed by atoms with Crippen molar-refractivity contribution in [2.24, 2.45) is 0 Å². The highest BCUT2D eigenvalue weighted by Crippen LogP contribution is 2.19. The van der Waals surface area contributed by atoms with E-state index in [0.29, 0.717) is 18.7 Å². The lowest BCUT2D eigenvalue weighted by molar-refractivity contribution is 0.0691. The molecule has 5 heteroatoms. The molecule has 1 unspecified atom stereocenters. The molecule has 0 aliphatic rings. The van der Waals surface area contributed by atoms with E-state index in [1.807, 2.05) is 24.4 Å². The van der Waals surface area contributed by atoms with Crippen LogP contribution < -0.4 is 0 Å². The summed E-state index contributed by atoms with van der Waals surface area (Å²) < 4.78 is 0. The van der Waals surface area contributed by atoms with Gasteiger partial charge in [-0.2, -0.15) is 11.3 Å². The molecule has 22 heavy (non-hydrogen) atoms. The number of carboxylic acid groups (broad SMARTS) is 1.